The molecule has 1 unspecified atom stereocenters. The molecular formula is C14H15ClF3N3O3. The third kappa shape index (κ3) is 4.50. The number of aromatic nitrogens is 1. The first-order chi connectivity index (χ1) is 11.2. The maximum absolute atomic E-state index is 12.5. The van der Waals surface area contributed by atoms with Gasteiger partial charge in [0.25, 0.3) is 0 Å². The Morgan fingerprint density at radius 2 is 2.17 bits per heavy atom. The second-order valence-electron chi connectivity index (χ2n) is 5.39. The zero-order valence-electron chi connectivity index (χ0n) is 12.4. The normalized spacial score (nSPS) is 17.8. The van der Waals surface area contributed by atoms with Gasteiger partial charge in [-0.1, -0.05) is 11.6 Å². The van der Waals surface area contributed by atoms with Crippen molar-refractivity contribution < 1.29 is 27.9 Å². The van der Waals surface area contributed by atoms with Crippen molar-refractivity contribution in [3.8, 4) is 0 Å². The van der Waals surface area contributed by atoms with Crippen molar-refractivity contribution in [2.45, 2.75) is 19.0 Å². The van der Waals surface area contributed by atoms with Crippen molar-refractivity contribution in [3.05, 3.63) is 22.8 Å². The van der Waals surface area contributed by atoms with Gasteiger partial charge >= 0.3 is 12.1 Å². The van der Waals surface area contributed by atoms with E-state index in [-0.39, 0.29) is 36.3 Å². The number of nitrogens with one attached hydrogen (secondary N) is 1. The fourth-order valence-corrected chi connectivity index (χ4v) is 2.59. The second kappa shape index (κ2) is 7.25. The highest BCUT2D eigenvalue weighted by atomic mass is 35.5. The summed E-state index contributed by atoms with van der Waals surface area (Å²) in [6.07, 6.45) is -3.39. The molecule has 132 valence electrons. The van der Waals surface area contributed by atoms with Crippen LogP contribution in [0.2, 0.25) is 5.02 Å². The number of carboxylic acid groups (broad SMARTS) is 1. The predicted molar refractivity (Wildman–Crippen MR) is 79.7 cm³/mol. The lowest BCUT2D eigenvalue weighted by molar-refractivity contribution is -0.141. The van der Waals surface area contributed by atoms with E-state index >= 15 is 0 Å². The average Bonchev–Trinajstić information content (AvgIpc) is 2.98. The molecule has 2 rings (SSSR count). The van der Waals surface area contributed by atoms with Gasteiger partial charge in [0.05, 0.1) is 16.5 Å². The predicted octanol–water partition coefficient (Wildman–Crippen LogP) is 2.49. The standard InChI is InChI=1S/C14H15ClF3N3O3/c15-10-5-9(14(16,17)18)6-20-12(10)19-3-1-11(22)21-4-2-8(7-21)13(23)24/h5-6,8H,1-4,7H2,(H,19,20)(H,23,24). The van der Waals surface area contributed by atoms with Gasteiger partial charge in [-0.05, 0) is 12.5 Å². The third-order valence-corrected chi connectivity index (χ3v) is 3.98. The topological polar surface area (TPSA) is 82.5 Å². The van der Waals surface area contributed by atoms with Gasteiger partial charge in [-0.3, -0.25) is 9.59 Å². The largest absolute Gasteiger partial charge is 0.481 e. The van der Waals surface area contributed by atoms with Gasteiger partial charge in [0.2, 0.25) is 5.91 Å². The third-order valence-electron chi connectivity index (χ3n) is 3.69. The Labute approximate surface area is 140 Å². The number of pyridine rings is 1. The van der Waals surface area contributed by atoms with Crippen molar-refractivity contribution in [2.24, 2.45) is 5.92 Å². The minimum Gasteiger partial charge on any atom is -0.481 e. The molecule has 0 saturated carbocycles. The van der Waals surface area contributed by atoms with Crippen molar-refractivity contribution in [3.63, 3.8) is 0 Å². The molecule has 10 heteroatoms. The van der Waals surface area contributed by atoms with Crippen LogP contribution in [0.25, 0.3) is 0 Å². The summed E-state index contributed by atoms with van der Waals surface area (Å²) in [5, 5.41) is 11.4. The molecule has 0 aliphatic carbocycles. The van der Waals surface area contributed by atoms with Crippen LogP contribution in [0.5, 0.6) is 0 Å². The van der Waals surface area contributed by atoms with E-state index in [0.717, 1.165) is 6.07 Å². The van der Waals surface area contributed by atoms with Crippen molar-refractivity contribution in [2.75, 3.05) is 25.0 Å². The van der Waals surface area contributed by atoms with E-state index in [2.05, 4.69) is 10.3 Å². The number of anilines is 1. The molecule has 2 heterocycles. The monoisotopic (exact) mass is 365 g/mol. The number of amides is 1. The first-order valence-corrected chi connectivity index (χ1v) is 7.53. The van der Waals surface area contributed by atoms with Crippen LogP contribution < -0.4 is 5.32 Å². The Bertz CT molecular complexity index is 639. The molecule has 1 aromatic rings. The highest BCUT2D eigenvalue weighted by Crippen LogP contribution is 2.32. The van der Waals surface area contributed by atoms with Crippen molar-refractivity contribution >= 4 is 29.3 Å². The van der Waals surface area contributed by atoms with Crippen LogP contribution in [-0.4, -0.2) is 46.5 Å². The molecule has 1 saturated heterocycles. The van der Waals surface area contributed by atoms with Crippen molar-refractivity contribution in [1.82, 2.24) is 9.88 Å². The fraction of sp³-hybridized carbons (Fsp3) is 0.500. The number of alkyl halides is 3. The molecule has 0 radical (unpaired) electrons. The van der Waals surface area contributed by atoms with E-state index in [1.807, 2.05) is 0 Å². The highest BCUT2D eigenvalue weighted by molar-refractivity contribution is 6.32. The van der Waals surface area contributed by atoms with Crippen LogP contribution >= 0.6 is 11.6 Å². The zero-order valence-corrected chi connectivity index (χ0v) is 13.2. The molecule has 6 nitrogen and oxygen atoms in total. The summed E-state index contributed by atoms with van der Waals surface area (Å²) < 4.78 is 37.5. The summed E-state index contributed by atoms with van der Waals surface area (Å²) in [7, 11) is 0. The molecule has 0 bridgehead atoms. The molecule has 24 heavy (non-hydrogen) atoms. The molecule has 1 aromatic heterocycles. The summed E-state index contributed by atoms with van der Waals surface area (Å²) in [4.78, 5) is 27.9. The number of rotatable bonds is 5. The summed E-state index contributed by atoms with van der Waals surface area (Å²) in [6.45, 7) is 0.688. The lowest BCUT2D eigenvalue weighted by Gasteiger charge is -2.16. The number of nitrogens with zero attached hydrogens (tertiary/aromatic N) is 2. The van der Waals surface area contributed by atoms with Gasteiger partial charge in [-0.2, -0.15) is 13.2 Å². The molecule has 0 spiro atoms. The van der Waals surface area contributed by atoms with Gasteiger partial charge < -0.3 is 15.3 Å². The maximum Gasteiger partial charge on any atom is 0.417 e. The molecule has 0 aromatic carbocycles. The number of hydrogen-bond donors (Lipinski definition) is 2. The Morgan fingerprint density at radius 1 is 1.46 bits per heavy atom. The van der Waals surface area contributed by atoms with E-state index in [9.17, 15) is 22.8 Å². The Hall–Kier alpha value is -2.03. The van der Waals surface area contributed by atoms with E-state index < -0.39 is 23.6 Å². The number of carbonyl (C=O) groups excluding carboxylic acids is 1. The van der Waals surface area contributed by atoms with Crippen LogP contribution in [0.15, 0.2) is 12.3 Å². The molecule has 2 N–H and O–H groups in total. The Kier molecular flexibility index (Phi) is 5.53. The van der Waals surface area contributed by atoms with Crippen LogP contribution in [0.4, 0.5) is 19.0 Å². The molecule has 1 fully saturated rings. The number of carbonyl (C=O) groups is 2. The maximum atomic E-state index is 12.5. The molecule has 1 amide bonds. The van der Waals surface area contributed by atoms with Gasteiger partial charge in [-0.25, -0.2) is 4.98 Å². The van der Waals surface area contributed by atoms with Gasteiger partial charge in [0.15, 0.2) is 0 Å². The molecular weight excluding hydrogens is 351 g/mol. The summed E-state index contributed by atoms with van der Waals surface area (Å²) in [6, 6.07) is 0.761. The lowest BCUT2D eigenvalue weighted by Crippen LogP contribution is -2.31. The first kappa shape index (κ1) is 18.3. The van der Waals surface area contributed by atoms with Crippen LogP contribution in [0.3, 0.4) is 0 Å². The average molecular weight is 366 g/mol. The number of likely N-dealkylation sites (tertiary alicyclic amines) is 1. The van der Waals surface area contributed by atoms with Crippen LogP contribution in [-0.2, 0) is 15.8 Å². The van der Waals surface area contributed by atoms with E-state index in [1.54, 1.807) is 0 Å². The Balaban J connectivity index is 1.84. The number of halogens is 4. The van der Waals surface area contributed by atoms with Crippen molar-refractivity contribution in [1.29, 1.82) is 0 Å². The second-order valence-corrected chi connectivity index (χ2v) is 5.80. The number of carboxylic acids is 1. The smallest absolute Gasteiger partial charge is 0.417 e. The van der Waals surface area contributed by atoms with E-state index in [0.29, 0.717) is 19.2 Å². The molecule has 1 atom stereocenters. The van der Waals surface area contributed by atoms with Crippen LogP contribution in [0.1, 0.15) is 18.4 Å². The van der Waals surface area contributed by atoms with Gasteiger partial charge in [-0.15, -0.1) is 0 Å². The quantitative estimate of drug-likeness (QED) is 0.837. The number of aliphatic carboxylic acids is 1. The fourth-order valence-electron chi connectivity index (χ4n) is 2.36. The molecule has 1 aliphatic heterocycles. The lowest BCUT2D eigenvalue weighted by atomic mass is 10.1. The molecule has 1 aliphatic rings. The highest BCUT2D eigenvalue weighted by Gasteiger charge is 2.32. The van der Waals surface area contributed by atoms with Gasteiger partial charge in [0, 0.05) is 32.3 Å². The van der Waals surface area contributed by atoms with Crippen LogP contribution in [0, 0.1) is 5.92 Å². The summed E-state index contributed by atoms with van der Waals surface area (Å²) in [5.74, 6) is -1.64. The Morgan fingerprint density at radius 3 is 2.71 bits per heavy atom. The van der Waals surface area contributed by atoms with Gasteiger partial charge in [0.1, 0.15) is 5.82 Å². The SMILES string of the molecule is O=C(O)C1CCN(C(=O)CCNc2ncc(C(F)(F)F)cc2Cl)C1. The number of hydrogen-bond acceptors (Lipinski definition) is 4. The first-order valence-electron chi connectivity index (χ1n) is 7.15. The minimum absolute atomic E-state index is 0.0577. The van der Waals surface area contributed by atoms with E-state index in [1.165, 1.54) is 4.90 Å². The van der Waals surface area contributed by atoms with E-state index in [4.69, 9.17) is 16.7 Å². The zero-order chi connectivity index (χ0) is 17.9. The summed E-state index contributed by atoms with van der Waals surface area (Å²) in [5.41, 5.74) is -0.953. The minimum atomic E-state index is -4.53. The summed E-state index contributed by atoms with van der Waals surface area (Å²) >= 11 is 5.75.